The number of fused-ring (bicyclic) bond motifs is 3. The van der Waals surface area contributed by atoms with E-state index in [1.54, 1.807) is 18.3 Å². The van der Waals surface area contributed by atoms with Crippen molar-refractivity contribution in [3.8, 4) is 0 Å². The van der Waals surface area contributed by atoms with Gasteiger partial charge in [0, 0.05) is 17.3 Å². The first-order valence-electron chi connectivity index (χ1n) is 14.0. The molecule has 0 fully saturated rings. The number of carbonyl (C=O) groups excluding carboxylic acids is 1. The lowest BCUT2D eigenvalue weighted by Gasteiger charge is -2.28. The van der Waals surface area contributed by atoms with Crippen LogP contribution in [0.3, 0.4) is 0 Å². The second kappa shape index (κ2) is 9.93. The number of hydrogen-bond donors (Lipinski definition) is 0. The van der Waals surface area contributed by atoms with Gasteiger partial charge in [0.1, 0.15) is 5.82 Å². The minimum Gasteiger partial charge on any atom is -0.289 e. The van der Waals surface area contributed by atoms with Crippen LogP contribution in [0.2, 0.25) is 0 Å². The fourth-order valence-electron chi connectivity index (χ4n) is 5.97. The normalized spacial score (nSPS) is 15.0. The topological polar surface area (TPSA) is 62.2 Å². The molecule has 204 valence electrons. The minimum absolute atomic E-state index is 0.0365. The number of benzene rings is 3. The summed E-state index contributed by atoms with van der Waals surface area (Å²) in [5.41, 5.74) is 10.5. The van der Waals surface area contributed by atoms with Gasteiger partial charge in [-0.2, -0.15) is 0 Å². The Morgan fingerprint density at radius 3 is 1.71 bits per heavy atom. The molecule has 0 spiro atoms. The minimum atomic E-state index is -0.0365. The molecule has 3 heterocycles. The monoisotopic (exact) mass is 547 g/mol. The molecule has 6 nitrogen and oxygen atoms in total. The van der Waals surface area contributed by atoms with Crippen LogP contribution in [0.1, 0.15) is 38.3 Å². The van der Waals surface area contributed by atoms with Crippen LogP contribution in [0.5, 0.6) is 0 Å². The molecule has 2 aliphatic rings. The largest absolute Gasteiger partial charge is 0.289 e. The Balaban J connectivity index is 1.55. The lowest BCUT2D eigenvalue weighted by Crippen LogP contribution is -2.24. The van der Waals surface area contributed by atoms with Crippen molar-refractivity contribution < 1.29 is 4.79 Å². The Hall–Kier alpha value is -5.36. The van der Waals surface area contributed by atoms with Crippen molar-refractivity contribution in [3.05, 3.63) is 143 Å². The zero-order valence-corrected chi connectivity index (χ0v) is 24.0. The van der Waals surface area contributed by atoms with Crippen molar-refractivity contribution in [2.24, 2.45) is 0 Å². The zero-order chi connectivity index (χ0) is 29.0. The van der Waals surface area contributed by atoms with Gasteiger partial charge < -0.3 is 0 Å². The van der Waals surface area contributed by atoms with Crippen molar-refractivity contribution in [2.45, 2.75) is 27.7 Å². The van der Waals surface area contributed by atoms with Crippen LogP contribution in [0.25, 0.3) is 16.6 Å². The SMILES string of the molecule is Cc1cccc(C)c1N1C(=C/C=C2/C=CC(=O)c3cccnc32)N(c2c(C)cccc2C)c2nc3ccccc3nc21. The number of pyridine rings is 1. The number of rotatable bonds is 3. The highest BCUT2D eigenvalue weighted by molar-refractivity contribution is 6.11. The molecule has 6 heteroatoms. The van der Waals surface area contributed by atoms with E-state index in [9.17, 15) is 4.79 Å². The molecule has 5 aromatic rings. The summed E-state index contributed by atoms with van der Waals surface area (Å²) < 4.78 is 0. The van der Waals surface area contributed by atoms with Gasteiger partial charge in [-0.05, 0) is 98.5 Å². The predicted molar refractivity (Wildman–Crippen MR) is 169 cm³/mol. The Kier molecular flexibility index (Phi) is 6.05. The lowest BCUT2D eigenvalue weighted by molar-refractivity contribution is 0.104. The number of nitrogens with zero attached hydrogens (tertiary/aromatic N) is 5. The molecule has 7 rings (SSSR count). The number of carbonyl (C=O) groups is 1. The number of aryl methyl sites for hydroxylation is 4. The summed E-state index contributed by atoms with van der Waals surface area (Å²) in [6.07, 6.45) is 9.31. The van der Waals surface area contributed by atoms with Crippen molar-refractivity contribution in [1.82, 2.24) is 15.0 Å². The molecule has 0 saturated carbocycles. The van der Waals surface area contributed by atoms with Crippen LogP contribution in [0.4, 0.5) is 23.0 Å². The molecule has 0 atom stereocenters. The smallest absolute Gasteiger partial charge is 0.188 e. The first-order chi connectivity index (χ1) is 20.4. The van der Waals surface area contributed by atoms with E-state index in [4.69, 9.17) is 9.97 Å². The summed E-state index contributed by atoms with van der Waals surface area (Å²) in [5, 5.41) is 0. The molecule has 0 amide bonds. The van der Waals surface area contributed by atoms with Crippen LogP contribution < -0.4 is 9.80 Å². The molecule has 3 aromatic carbocycles. The molecule has 0 bridgehead atoms. The summed E-state index contributed by atoms with van der Waals surface area (Å²) in [7, 11) is 0. The zero-order valence-electron chi connectivity index (χ0n) is 24.0. The highest BCUT2D eigenvalue weighted by atomic mass is 16.1. The second-order valence-electron chi connectivity index (χ2n) is 10.8. The van der Waals surface area contributed by atoms with Crippen molar-refractivity contribution in [2.75, 3.05) is 9.80 Å². The fraction of sp³-hybridized carbons (Fsp3) is 0.111. The average Bonchev–Trinajstić information content (AvgIpc) is 3.28. The van der Waals surface area contributed by atoms with Crippen molar-refractivity contribution >= 4 is 45.4 Å². The maximum absolute atomic E-state index is 12.6. The van der Waals surface area contributed by atoms with Gasteiger partial charge in [-0.1, -0.05) is 48.5 Å². The van der Waals surface area contributed by atoms with Crippen LogP contribution >= 0.6 is 0 Å². The molecule has 42 heavy (non-hydrogen) atoms. The standard InChI is InChI=1S/C36H29N5O/c1-22-10-7-11-23(2)33(22)40-31(20-18-26-17-19-30(42)27-14-9-21-37-32(26)27)41(34-24(3)12-8-13-25(34)4)36-35(40)38-28-15-5-6-16-29(28)39-36/h5-21H,1-4H3/b26-18-. The molecule has 0 radical (unpaired) electrons. The van der Waals surface area contributed by atoms with Gasteiger partial charge >= 0.3 is 0 Å². The number of hydrogen-bond acceptors (Lipinski definition) is 6. The van der Waals surface area contributed by atoms with E-state index in [0.717, 1.165) is 67.7 Å². The van der Waals surface area contributed by atoms with Gasteiger partial charge in [-0.15, -0.1) is 0 Å². The first kappa shape index (κ1) is 25.6. The molecular formula is C36H29N5O. The molecular weight excluding hydrogens is 518 g/mol. The number of anilines is 4. The van der Waals surface area contributed by atoms with Gasteiger partial charge in [0.05, 0.1) is 28.1 Å². The Bertz CT molecular complexity index is 1880. The van der Waals surface area contributed by atoms with Crippen LogP contribution in [-0.4, -0.2) is 20.7 Å². The van der Waals surface area contributed by atoms with E-state index >= 15 is 0 Å². The molecule has 1 aliphatic carbocycles. The van der Waals surface area contributed by atoms with Gasteiger partial charge in [0.25, 0.3) is 0 Å². The Labute approximate surface area is 245 Å². The fourth-order valence-corrected chi connectivity index (χ4v) is 5.97. The molecule has 0 saturated heterocycles. The Morgan fingerprint density at radius 2 is 1.17 bits per heavy atom. The van der Waals surface area contributed by atoms with E-state index in [0.29, 0.717) is 11.3 Å². The maximum Gasteiger partial charge on any atom is 0.188 e. The van der Waals surface area contributed by atoms with Crippen molar-refractivity contribution in [1.29, 1.82) is 0 Å². The van der Waals surface area contributed by atoms with Gasteiger partial charge in [-0.25, -0.2) is 9.97 Å². The number of ketones is 1. The predicted octanol–water partition coefficient (Wildman–Crippen LogP) is 8.23. The summed E-state index contributed by atoms with van der Waals surface area (Å²) in [6.45, 7) is 8.52. The van der Waals surface area contributed by atoms with E-state index in [-0.39, 0.29) is 5.78 Å². The number of aromatic nitrogens is 3. The summed E-state index contributed by atoms with van der Waals surface area (Å²) in [5.74, 6) is 2.40. The third-order valence-electron chi connectivity index (χ3n) is 7.92. The van der Waals surface area contributed by atoms with Crippen LogP contribution in [-0.2, 0) is 0 Å². The third kappa shape index (κ3) is 4.03. The quantitative estimate of drug-likeness (QED) is 0.227. The van der Waals surface area contributed by atoms with E-state index < -0.39 is 0 Å². The first-order valence-corrected chi connectivity index (χ1v) is 14.0. The average molecular weight is 548 g/mol. The van der Waals surface area contributed by atoms with E-state index in [1.165, 1.54) is 0 Å². The van der Waals surface area contributed by atoms with E-state index in [2.05, 4.69) is 85.0 Å². The van der Waals surface area contributed by atoms with E-state index in [1.807, 2.05) is 42.5 Å². The van der Waals surface area contributed by atoms with Crippen LogP contribution in [0.15, 0.2) is 109 Å². The molecule has 2 aromatic heterocycles. The number of para-hydroxylation sites is 4. The molecule has 0 N–H and O–H groups in total. The summed E-state index contributed by atoms with van der Waals surface area (Å²) in [4.78, 5) is 32.0. The second-order valence-corrected chi connectivity index (χ2v) is 10.8. The highest BCUT2D eigenvalue weighted by Gasteiger charge is 2.39. The molecule has 0 unspecified atom stereocenters. The number of allylic oxidation sites excluding steroid dienone is 5. The van der Waals surface area contributed by atoms with Gasteiger partial charge in [0.2, 0.25) is 0 Å². The highest BCUT2D eigenvalue weighted by Crippen LogP contribution is 2.51. The summed E-state index contributed by atoms with van der Waals surface area (Å²) in [6, 6.07) is 24.3. The van der Waals surface area contributed by atoms with Crippen molar-refractivity contribution in [3.63, 3.8) is 0 Å². The summed E-state index contributed by atoms with van der Waals surface area (Å²) >= 11 is 0. The lowest BCUT2D eigenvalue weighted by atomic mass is 9.96. The van der Waals surface area contributed by atoms with Crippen LogP contribution in [0, 0.1) is 27.7 Å². The van der Waals surface area contributed by atoms with Gasteiger partial charge in [0.15, 0.2) is 17.4 Å². The molecule has 1 aliphatic heterocycles. The maximum atomic E-state index is 12.6. The van der Waals surface area contributed by atoms with Gasteiger partial charge in [-0.3, -0.25) is 19.6 Å². The Morgan fingerprint density at radius 1 is 0.619 bits per heavy atom. The third-order valence-corrected chi connectivity index (χ3v) is 7.92.